The molecule has 3 rings (SSSR count). The van der Waals surface area contributed by atoms with Crippen molar-refractivity contribution in [2.45, 2.75) is 16.5 Å². The van der Waals surface area contributed by atoms with Gasteiger partial charge in [0.2, 0.25) is 5.91 Å². The summed E-state index contributed by atoms with van der Waals surface area (Å²) in [5.74, 6) is -0.173. The molecule has 7 heteroatoms. The summed E-state index contributed by atoms with van der Waals surface area (Å²) in [6, 6.07) is 13.5. The quantitative estimate of drug-likeness (QED) is 0.783. The van der Waals surface area contributed by atoms with Crippen molar-refractivity contribution in [2.24, 2.45) is 0 Å². The number of hydrogen-bond acceptors (Lipinski definition) is 5. The zero-order valence-corrected chi connectivity index (χ0v) is 12.4. The SMILES string of the molecule is O=C(Cn1ccnn1)Nc1cccnc1Sc1ccccc1. The van der Waals surface area contributed by atoms with Crippen molar-refractivity contribution in [3.05, 3.63) is 61.1 Å². The molecule has 0 aliphatic carbocycles. The van der Waals surface area contributed by atoms with Gasteiger partial charge in [-0.3, -0.25) is 4.79 Å². The fourth-order valence-electron chi connectivity index (χ4n) is 1.82. The van der Waals surface area contributed by atoms with E-state index in [1.54, 1.807) is 18.5 Å². The lowest BCUT2D eigenvalue weighted by Crippen LogP contribution is -2.19. The molecule has 0 atom stereocenters. The summed E-state index contributed by atoms with van der Waals surface area (Å²) in [6.45, 7) is 0.115. The first kappa shape index (κ1) is 14.3. The van der Waals surface area contributed by atoms with Gasteiger partial charge in [0.15, 0.2) is 0 Å². The normalized spacial score (nSPS) is 10.4. The van der Waals surface area contributed by atoms with Crippen LogP contribution in [-0.2, 0) is 11.3 Å². The Morgan fingerprint density at radius 2 is 2.00 bits per heavy atom. The standard InChI is InChI=1S/C15H13N5OS/c21-14(11-20-10-9-17-19-20)18-13-7-4-8-16-15(13)22-12-5-2-1-3-6-12/h1-10H,11H2,(H,18,21). The summed E-state index contributed by atoms with van der Waals surface area (Å²) in [5, 5.41) is 11.1. The van der Waals surface area contributed by atoms with E-state index >= 15 is 0 Å². The smallest absolute Gasteiger partial charge is 0.246 e. The molecule has 0 saturated carbocycles. The number of benzene rings is 1. The van der Waals surface area contributed by atoms with Gasteiger partial charge in [-0.25, -0.2) is 9.67 Å². The predicted octanol–water partition coefficient (Wildman–Crippen LogP) is 2.46. The summed E-state index contributed by atoms with van der Waals surface area (Å²) in [4.78, 5) is 17.4. The van der Waals surface area contributed by atoms with Crippen molar-refractivity contribution in [3.63, 3.8) is 0 Å². The van der Waals surface area contributed by atoms with Crippen LogP contribution in [0.5, 0.6) is 0 Å². The van der Waals surface area contributed by atoms with Crippen LogP contribution >= 0.6 is 11.8 Å². The minimum absolute atomic E-state index is 0.115. The van der Waals surface area contributed by atoms with Gasteiger partial charge >= 0.3 is 0 Å². The second-order valence-corrected chi connectivity index (χ2v) is 5.48. The first-order valence-corrected chi connectivity index (χ1v) is 7.45. The van der Waals surface area contributed by atoms with Gasteiger partial charge in [0.05, 0.1) is 11.9 Å². The third-order valence-corrected chi connectivity index (χ3v) is 3.81. The van der Waals surface area contributed by atoms with Crippen LogP contribution in [0, 0.1) is 0 Å². The molecular formula is C15H13N5OS. The van der Waals surface area contributed by atoms with Gasteiger partial charge in [-0.2, -0.15) is 0 Å². The molecule has 0 aliphatic rings. The average molecular weight is 311 g/mol. The van der Waals surface area contributed by atoms with E-state index in [0.717, 1.165) is 9.92 Å². The maximum atomic E-state index is 12.0. The van der Waals surface area contributed by atoms with Crippen LogP contribution in [0.3, 0.4) is 0 Å². The number of rotatable bonds is 5. The van der Waals surface area contributed by atoms with Gasteiger partial charge in [0.25, 0.3) is 0 Å². The van der Waals surface area contributed by atoms with Crippen LogP contribution in [0.25, 0.3) is 0 Å². The highest BCUT2D eigenvalue weighted by molar-refractivity contribution is 7.99. The minimum atomic E-state index is -0.173. The van der Waals surface area contributed by atoms with Crippen molar-refractivity contribution in [1.29, 1.82) is 0 Å². The van der Waals surface area contributed by atoms with Crippen LogP contribution in [-0.4, -0.2) is 25.9 Å². The van der Waals surface area contributed by atoms with E-state index < -0.39 is 0 Å². The van der Waals surface area contributed by atoms with E-state index in [-0.39, 0.29) is 12.5 Å². The Balaban J connectivity index is 1.72. The molecule has 0 aliphatic heterocycles. The van der Waals surface area contributed by atoms with Crippen LogP contribution in [0.1, 0.15) is 0 Å². The van der Waals surface area contributed by atoms with Crippen molar-refractivity contribution >= 4 is 23.4 Å². The molecule has 1 amide bonds. The van der Waals surface area contributed by atoms with Crippen LogP contribution < -0.4 is 5.32 Å². The first-order chi connectivity index (χ1) is 10.8. The number of nitrogens with one attached hydrogen (secondary N) is 1. The topological polar surface area (TPSA) is 72.7 Å². The molecule has 2 aromatic heterocycles. The molecule has 0 saturated heterocycles. The van der Waals surface area contributed by atoms with E-state index in [9.17, 15) is 4.79 Å². The Hall–Kier alpha value is -2.67. The molecule has 0 fully saturated rings. The number of carbonyl (C=O) groups is 1. The molecule has 0 bridgehead atoms. The van der Waals surface area contributed by atoms with Crippen LogP contribution in [0.4, 0.5) is 5.69 Å². The van der Waals surface area contributed by atoms with Gasteiger partial charge in [0, 0.05) is 17.3 Å². The molecular weight excluding hydrogens is 298 g/mol. The van der Waals surface area contributed by atoms with E-state index in [1.807, 2.05) is 36.4 Å². The second-order valence-electron chi connectivity index (χ2n) is 4.42. The fraction of sp³-hybridized carbons (Fsp3) is 0.0667. The molecule has 2 heterocycles. The number of nitrogens with zero attached hydrogens (tertiary/aromatic N) is 4. The molecule has 3 aromatic rings. The maximum absolute atomic E-state index is 12.0. The fourth-order valence-corrected chi connectivity index (χ4v) is 2.68. The monoisotopic (exact) mass is 311 g/mol. The Morgan fingerprint density at radius 1 is 1.14 bits per heavy atom. The lowest BCUT2D eigenvalue weighted by Gasteiger charge is -2.09. The summed E-state index contributed by atoms with van der Waals surface area (Å²) >= 11 is 1.50. The first-order valence-electron chi connectivity index (χ1n) is 6.63. The zero-order chi connectivity index (χ0) is 15.2. The number of amides is 1. The van der Waals surface area contributed by atoms with Crippen molar-refractivity contribution in [1.82, 2.24) is 20.0 Å². The number of carbonyl (C=O) groups excluding carboxylic acids is 1. The van der Waals surface area contributed by atoms with Gasteiger partial charge < -0.3 is 5.32 Å². The Bertz CT molecular complexity index is 746. The van der Waals surface area contributed by atoms with Crippen molar-refractivity contribution in [3.8, 4) is 0 Å². The van der Waals surface area contributed by atoms with Crippen LogP contribution in [0.15, 0.2) is 71.0 Å². The van der Waals surface area contributed by atoms with E-state index in [1.165, 1.54) is 22.6 Å². The molecule has 110 valence electrons. The highest BCUT2D eigenvalue weighted by Crippen LogP contribution is 2.31. The molecule has 1 N–H and O–H groups in total. The number of pyridine rings is 1. The van der Waals surface area contributed by atoms with E-state index in [4.69, 9.17) is 0 Å². The van der Waals surface area contributed by atoms with Crippen molar-refractivity contribution in [2.75, 3.05) is 5.32 Å². The summed E-state index contributed by atoms with van der Waals surface area (Å²) in [7, 11) is 0. The summed E-state index contributed by atoms with van der Waals surface area (Å²) in [5.41, 5.74) is 0.682. The Kier molecular flexibility index (Phi) is 4.45. The number of hydrogen-bond donors (Lipinski definition) is 1. The number of anilines is 1. The van der Waals surface area contributed by atoms with E-state index in [2.05, 4.69) is 20.6 Å². The van der Waals surface area contributed by atoms with Gasteiger partial charge in [0.1, 0.15) is 11.6 Å². The van der Waals surface area contributed by atoms with Gasteiger partial charge in [-0.1, -0.05) is 35.2 Å². The average Bonchev–Trinajstić information content (AvgIpc) is 3.03. The van der Waals surface area contributed by atoms with Crippen LogP contribution in [0.2, 0.25) is 0 Å². The number of aromatic nitrogens is 4. The largest absolute Gasteiger partial charge is 0.322 e. The third kappa shape index (κ3) is 3.70. The maximum Gasteiger partial charge on any atom is 0.246 e. The molecule has 0 radical (unpaired) electrons. The Morgan fingerprint density at radius 3 is 2.77 bits per heavy atom. The summed E-state index contributed by atoms with van der Waals surface area (Å²) < 4.78 is 1.47. The lowest BCUT2D eigenvalue weighted by molar-refractivity contribution is -0.116. The third-order valence-electron chi connectivity index (χ3n) is 2.78. The molecule has 22 heavy (non-hydrogen) atoms. The van der Waals surface area contributed by atoms with Gasteiger partial charge in [-0.15, -0.1) is 5.10 Å². The molecule has 6 nitrogen and oxygen atoms in total. The molecule has 0 unspecified atom stereocenters. The van der Waals surface area contributed by atoms with E-state index in [0.29, 0.717) is 5.69 Å². The minimum Gasteiger partial charge on any atom is -0.322 e. The molecule has 0 spiro atoms. The highest BCUT2D eigenvalue weighted by Gasteiger charge is 2.10. The zero-order valence-electron chi connectivity index (χ0n) is 11.6. The second kappa shape index (κ2) is 6.86. The summed E-state index contributed by atoms with van der Waals surface area (Å²) in [6.07, 6.45) is 4.88. The lowest BCUT2D eigenvalue weighted by atomic mass is 10.4. The highest BCUT2D eigenvalue weighted by atomic mass is 32.2. The van der Waals surface area contributed by atoms with Crippen molar-refractivity contribution < 1.29 is 4.79 Å². The Labute approximate surface area is 131 Å². The predicted molar refractivity (Wildman–Crippen MR) is 83.5 cm³/mol. The molecule has 1 aromatic carbocycles. The van der Waals surface area contributed by atoms with Gasteiger partial charge in [-0.05, 0) is 24.3 Å².